The number of unbranched alkanes of at least 4 members (excludes halogenated alkanes) is 1. The quantitative estimate of drug-likeness (QED) is 0.105. The summed E-state index contributed by atoms with van der Waals surface area (Å²) in [4.78, 5) is 1.35. The van der Waals surface area contributed by atoms with E-state index in [1.54, 1.807) is 0 Å². The summed E-state index contributed by atoms with van der Waals surface area (Å²) in [7, 11) is 0. The van der Waals surface area contributed by atoms with Crippen LogP contribution in [0.25, 0.3) is 21.6 Å². The first-order chi connectivity index (χ1) is 18.3. The van der Waals surface area contributed by atoms with Crippen LogP contribution in [0.3, 0.4) is 0 Å². The van der Waals surface area contributed by atoms with Crippen LogP contribution in [-0.2, 0) is 5.41 Å². The molecule has 2 unspecified atom stereocenters. The summed E-state index contributed by atoms with van der Waals surface area (Å²) < 4.78 is 0. The van der Waals surface area contributed by atoms with Crippen LogP contribution in [0.1, 0.15) is 82.4 Å². The van der Waals surface area contributed by atoms with Crippen molar-refractivity contribution in [3.63, 3.8) is 0 Å². The van der Waals surface area contributed by atoms with Crippen molar-refractivity contribution in [1.82, 2.24) is 0 Å². The minimum atomic E-state index is 0. The Morgan fingerprint density at radius 2 is 1.88 bits per heavy atom. The Labute approximate surface area is 315 Å². The standard InChI is InChI=1S/C36H46NS.K.U/c1-7-28(21-27(6)35(37)25(3)4)12-9-10-13-29-16-17-33(26(5)20-29)34-23-31(24-38-34)30-14-11-15-32(22-30)36(8-2)18-19-36;;/h11,13-17,20-25,28,35H,1,6-10,12,18-19,37H2,2-5H3;;/q-3;+1;. The van der Waals surface area contributed by atoms with Crippen molar-refractivity contribution in [3.8, 4) is 21.6 Å². The summed E-state index contributed by atoms with van der Waals surface area (Å²) in [5.74, 6) is 0.867. The minimum Gasteiger partial charge on any atom is -0.344 e. The van der Waals surface area contributed by atoms with Gasteiger partial charge in [-0.3, -0.25) is 0 Å². The van der Waals surface area contributed by atoms with Gasteiger partial charge in [-0.2, -0.15) is 30.5 Å². The molecule has 208 valence electrons. The van der Waals surface area contributed by atoms with E-state index in [4.69, 9.17) is 5.73 Å². The summed E-state index contributed by atoms with van der Waals surface area (Å²) in [6, 6.07) is 18.6. The van der Waals surface area contributed by atoms with E-state index < -0.39 is 0 Å². The molecule has 0 radical (unpaired) electrons. The molecule has 0 aliphatic heterocycles. The monoisotopic (exact) mass is 801 g/mol. The molecule has 4 heteroatoms. The molecule has 2 atom stereocenters. The molecule has 2 N–H and O–H groups in total. The smallest absolute Gasteiger partial charge is 0.344 e. The van der Waals surface area contributed by atoms with Crippen molar-refractivity contribution < 1.29 is 82.5 Å². The van der Waals surface area contributed by atoms with Crippen molar-refractivity contribution in [2.45, 2.75) is 84.1 Å². The molecule has 2 aromatic carbocycles. The summed E-state index contributed by atoms with van der Waals surface area (Å²) in [5.41, 5.74) is 16.0. The Morgan fingerprint density at radius 3 is 2.50 bits per heavy atom. The second-order valence-electron chi connectivity index (χ2n) is 11.7. The zero-order valence-electron chi connectivity index (χ0n) is 25.4. The Morgan fingerprint density at radius 1 is 1.12 bits per heavy atom. The van der Waals surface area contributed by atoms with E-state index in [-0.39, 0.29) is 88.5 Å². The van der Waals surface area contributed by atoms with Crippen molar-refractivity contribution >= 4 is 11.3 Å². The molecule has 40 heavy (non-hydrogen) atoms. The first-order valence-electron chi connectivity index (χ1n) is 14.5. The van der Waals surface area contributed by atoms with E-state index in [0.29, 0.717) is 17.3 Å². The van der Waals surface area contributed by atoms with E-state index in [1.807, 2.05) is 11.3 Å². The predicted octanol–water partition coefficient (Wildman–Crippen LogP) is 7.14. The zero-order chi connectivity index (χ0) is 27.3. The molecule has 0 spiro atoms. The fourth-order valence-electron chi connectivity index (χ4n) is 5.55. The number of benzene rings is 2. The first-order valence-corrected chi connectivity index (χ1v) is 15.4. The van der Waals surface area contributed by atoms with Crippen LogP contribution in [0.4, 0.5) is 0 Å². The van der Waals surface area contributed by atoms with Crippen LogP contribution in [0.15, 0.2) is 66.1 Å². The van der Waals surface area contributed by atoms with Gasteiger partial charge in [-0.1, -0.05) is 76.8 Å². The van der Waals surface area contributed by atoms with Crippen LogP contribution in [0, 0.1) is 69.6 Å². The predicted molar refractivity (Wildman–Crippen MR) is 168 cm³/mol. The fourth-order valence-corrected chi connectivity index (χ4v) is 6.56. The Hall–Kier alpha value is 0.268. The van der Waals surface area contributed by atoms with Crippen LogP contribution in [-0.4, -0.2) is 6.04 Å². The third-order valence-electron chi connectivity index (χ3n) is 8.58. The van der Waals surface area contributed by atoms with Gasteiger partial charge in [-0.15, -0.1) is 23.3 Å². The van der Waals surface area contributed by atoms with Gasteiger partial charge in [-0.05, 0) is 70.3 Å². The summed E-state index contributed by atoms with van der Waals surface area (Å²) in [5, 5.41) is 2.32. The Balaban J connectivity index is 0.00000280. The average molecular weight is 802 g/mol. The number of thiophene rings is 1. The van der Waals surface area contributed by atoms with Gasteiger partial charge >= 0.3 is 51.4 Å². The number of rotatable bonds is 14. The molecule has 3 aromatic rings. The van der Waals surface area contributed by atoms with Gasteiger partial charge < -0.3 is 12.7 Å². The molecule has 1 fully saturated rings. The van der Waals surface area contributed by atoms with E-state index in [2.05, 4.69) is 108 Å². The van der Waals surface area contributed by atoms with Crippen LogP contribution < -0.4 is 57.1 Å². The van der Waals surface area contributed by atoms with Crippen molar-refractivity contribution in [2.24, 2.45) is 17.6 Å². The van der Waals surface area contributed by atoms with Crippen LogP contribution in [0.2, 0.25) is 0 Å². The molecule has 1 saturated carbocycles. The summed E-state index contributed by atoms with van der Waals surface area (Å²) in [6.45, 7) is 17.2. The topological polar surface area (TPSA) is 26.0 Å². The maximum Gasteiger partial charge on any atom is 1.00 e. The maximum atomic E-state index is 6.27. The number of nitrogens with two attached hydrogens (primary N) is 1. The Bertz CT molecular complexity index is 1230. The minimum absolute atomic E-state index is 0. The average Bonchev–Trinajstić information content (AvgIpc) is 3.58. The largest absolute Gasteiger partial charge is 1.00 e. The summed E-state index contributed by atoms with van der Waals surface area (Å²) in [6.07, 6.45) is 12.8. The molecule has 1 aliphatic carbocycles. The van der Waals surface area contributed by atoms with Crippen LogP contribution >= 0.6 is 11.3 Å². The normalized spacial score (nSPS) is 15.0. The van der Waals surface area contributed by atoms with E-state index in [0.717, 1.165) is 31.3 Å². The Kier molecular flexibility index (Phi) is 15.4. The number of hydrogen-bond donors (Lipinski definition) is 1. The molecule has 1 heterocycles. The molecular weight excluding hydrogens is 756 g/mol. The summed E-state index contributed by atoms with van der Waals surface area (Å²) >= 11 is 1.85. The van der Waals surface area contributed by atoms with Gasteiger partial charge in [0.05, 0.1) is 0 Å². The molecule has 4 rings (SSSR count). The van der Waals surface area contributed by atoms with Crippen molar-refractivity contribution in [3.05, 3.63) is 103 Å². The van der Waals surface area contributed by atoms with Gasteiger partial charge in [0.1, 0.15) is 0 Å². The van der Waals surface area contributed by atoms with E-state index in [9.17, 15) is 0 Å². The van der Waals surface area contributed by atoms with Gasteiger partial charge in [-0.25, -0.2) is 18.6 Å². The fraction of sp³-hybridized carbons (Fsp3) is 0.417. The molecule has 0 amide bonds. The van der Waals surface area contributed by atoms with Crippen molar-refractivity contribution in [1.29, 1.82) is 0 Å². The first kappa shape index (κ1) is 36.5. The second kappa shape index (κ2) is 16.9. The zero-order valence-corrected chi connectivity index (χ0v) is 33.5. The molecule has 1 aromatic heterocycles. The molecule has 1 aliphatic rings. The van der Waals surface area contributed by atoms with E-state index >= 15 is 0 Å². The number of hydrogen-bond acceptors (Lipinski definition) is 2. The molecule has 0 bridgehead atoms. The third kappa shape index (κ3) is 9.38. The maximum absolute atomic E-state index is 6.27. The molecular formula is C36H46KNSU-2. The van der Waals surface area contributed by atoms with Gasteiger partial charge in [0.2, 0.25) is 0 Å². The number of aryl methyl sites for hydroxylation is 1. The van der Waals surface area contributed by atoms with Crippen molar-refractivity contribution in [2.75, 3.05) is 0 Å². The molecule has 1 nitrogen and oxygen atoms in total. The molecule has 0 saturated heterocycles. The van der Waals surface area contributed by atoms with Gasteiger partial charge in [0, 0.05) is 36.0 Å². The third-order valence-corrected chi connectivity index (χ3v) is 9.54. The van der Waals surface area contributed by atoms with Gasteiger partial charge in [0.15, 0.2) is 0 Å². The van der Waals surface area contributed by atoms with E-state index in [1.165, 1.54) is 57.5 Å². The van der Waals surface area contributed by atoms with Gasteiger partial charge in [0.25, 0.3) is 0 Å². The van der Waals surface area contributed by atoms with Crippen LogP contribution in [0.5, 0.6) is 0 Å². The SMILES string of the molecule is C=C([CH-]C(C[CH2-])CCC[CH-]c1ccc(-c2cc(-c3cccc(C4(CC)CC4)c3)cs2)c(C)c1)C(N)C(C)C.[K+].[U]. The second-order valence-corrected chi connectivity index (χ2v) is 12.6.